The second kappa shape index (κ2) is 9.56. The first kappa shape index (κ1) is 17.8. The number of nitrogens with one attached hydrogen (secondary N) is 1. The van der Waals surface area contributed by atoms with Crippen molar-refractivity contribution in [2.24, 2.45) is 5.92 Å². The van der Waals surface area contributed by atoms with Gasteiger partial charge in [0.25, 0.3) is 0 Å². The van der Waals surface area contributed by atoms with E-state index in [0.717, 1.165) is 18.8 Å². The number of anilines is 1. The Hall–Kier alpha value is -1.55. The molecule has 0 amide bonds. The molecule has 0 bridgehead atoms. The maximum atomic E-state index is 10.6. The van der Waals surface area contributed by atoms with Gasteiger partial charge in [0.2, 0.25) is 10.9 Å². The van der Waals surface area contributed by atoms with Crippen LogP contribution in [-0.2, 0) is 17.3 Å². The molecule has 23 heavy (non-hydrogen) atoms. The third-order valence-electron chi connectivity index (χ3n) is 4.48. The summed E-state index contributed by atoms with van der Waals surface area (Å²) in [6, 6.07) is 7.60. The number of hydrogen-bond donors (Lipinski definition) is 2. The quantitative estimate of drug-likeness (QED) is 0.564. The SMILES string of the molecule is C/C=C(\C=C/C1CCCCC1)CCc1ccc(N[SH](=O)=O)cc1. The van der Waals surface area contributed by atoms with E-state index in [1.165, 1.54) is 43.2 Å². The van der Waals surface area contributed by atoms with Crippen LogP contribution in [0.25, 0.3) is 0 Å². The lowest BCUT2D eigenvalue weighted by Gasteiger charge is -2.17. The van der Waals surface area contributed by atoms with Gasteiger partial charge in [0.1, 0.15) is 0 Å². The minimum Gasteiger partial charge on any atom is -0.286 e. The Labute approximate surface area is 141 Å². The van der Waals surface area contributed by atoms with Crippen molar-refractivity contribution in [2.75, 3.05) is 4.72 Å². The zero-order valence-corrected chi connectivity index (χ0v) is 14.7. The van der Waals surface area contributed by atoms with Gasteiger partial charge in [0.05, 0.1) is 0 Å². The molecular formula is C19H27NO2S. The molecular weight excluding hydrogens is 306 g/mol. The Morgan fingerprint density at radius 3 is 2.48 bits per heavy atom. The zero-order chi connectivity index (χ0) is 16.5. The summed E-state index contributed by atoms with van der Waals surface area (Å²) in [5.74, 6) is 0.762. The highest BCUT2D eigenvalue weighted by molar-refractivity contribution is 7.73. The van der Waals surface area contributed by atoms with Crippen LogP contribution in [0.2, 0.25) is 0 Å². The second-order valence-electron chi connectivity index (χ2n) is 6.19. The number of aryl methyl sites for hydroxylation is 1. The van der Waals surface area contributed by atoms with Crippen LogP contribution in [-0.4, -0.2) is 8.42 Å². The van der Waals surface area contributed by atoms with Crippen molar-refractivity contribution >= 4 is 16.6 Å². The molecule has 4 heteroatoms. The van der Waals surface area contributed by atoms with Crippen molar-refractivity contribution in [3.05, 3.63) is 53.6 Å². The van der Waals surface area contributed by atoms with E-state index in [0.29, 0.717) is 5.69 Å². The summed E-state index contributed by atoms with van der Waals surface area (Å²) in [6.45, 7) is 2.10. The molecule has 1 aliphatic carbocycles. The molecule has 0 saturated heterocycles. The molecule has 1 N–H and O–H groups in total. The van der Waals surface area contributed by atoms with Crippen molar-refractivity contribution in [3.8, 4) is 0 Å². The Morgan fingerprint density at radius 1 is 1.17 bits per heavy atom. The number of rotatable bonds is 7. The second-order valence-corrected chi connectivity index (χ2v) is 6.92. The monoisotopic (exact) mass is 333 g/mol. The predicted octanol–water partition coefficient (Wildman–Crippen LogP) is 4.64. The molecule has 0 unspecified atom stereocenters. The van der Waals surface area contributed by atoms with E-state index in [1.54, 1.807) is 0 Å². The van der Waals surface area contributed by atoms with Gasteiger partial charge >= 0.3 is 0 Å². The lowest BCUT2D eigenvalue weighted by Crippen LogP contribution is -2.02. The molecule has 0 aromatic heterocycles. The van der Waals surface area contributed by atoms with Crippen LogP contribution in [0.3, 0.4) is 0 Å². The summed E-state index contributed by atoms with van der Waals surface area (Å²) in [5, 5.41) is 0. The fraction of sp³-hybridized carbons (Fsp3) is 0.474. The first-order valence-corrected chi connectivity index (χ1v) is 9.68. The van der Waals surface area contributed by atoms with Crippen molar-refractivity contribution in [3.63, 3.8) is 0 Å². The van der Waals surface area contributed by atoms with Gasteiger partial charge in [-0.25, -0.2) is 8.42 Å². The normalized spacial score (nSPS) is 17.0. The smallest absolute Gasteiger partial charge is 0.222 e. The summed E-state index contributed by atoms with van der Waals surface area (Å²) in [7, 11) is -2.59. The van der Waals surface area contributed by atoms with Crippen LogP contribution in [0.1, 0.15) is 51.0 Å². The van der Waals surface area contributed by atoms with Crippen LogP contribution >= 0.6 is 0 Å². The van der Waals surface area contributed by atoms with Crippen molar-refractivity contribution in [2.45, 2.75) is 51.9 Å². The third-order valence-corrected chi connectivity index (χ3v) is 4.92. The van der Waals surface area contributed by atoms with Gasteiger partial charge in [-0.05, 0) is 56.2 Å². The van der Waals surface area contributed by atoms with E-state index in [-0.39, 0.29) is 0 Å². The minimum absolute atomic E-state index is 0.619. The summed E-state index contributed by atoms with van der Waals surface area (Å²) < 4.78 is 23.6. The Kier molecular flexibility index (Phi) is 7.40. The van der Waals surface area contributed by atoms with E-state index < -0.39 is 10.9 Å². The maximum Gasteiger partial charge on any atom is 0.222 e. The van der Waals surface area contributed by atoms with Crippen molar-refractivity contribution in [1.29, 1.82) is 0 Å². The first-order valence-electron chi connectivity index (χ1n) is 8.51. The maximum absolute atomic E-state index is 10.6. The molecule has 3 nitrogen and oxygen atoms in total. The molecule has 126 valence electrons. The molecule has 1 aromatic carbocycles. The predicted molar refractivity (Wildman–Crippen MR) is 98.2 cm³/mol. The van der Waals surface area contributed by atoms with Gasteiger partial charge in [-0.1, -0.05) is 55.2 Å². The van der Waals surface area contributed by atoms with Crippen LogP contribution in [0.4, 0.5) is 5.69 Å². The summed E-state index contributed by atoms with van der Waals surface area (Å²) in [5.41, 5.74) is 3.22. The molecule has 0 atom stereocenters. The number of thiol groups is 1. The summed E-state index contributed by atoms with van der Waals surface area (Å²) in [6.07, 6.45) is 15.7. The van der Waals surface area contributed by atoms with Gasteiger partial charge < -0.3 is 0 Å². The standard InChI is InChI=1S/C19H27NO2S/c1-2-16(8-10-17-6-4-3-5-7-17)9-11-18-12-14-19(15-13-18)20-23(21)22/h2,8,10,12-15,17,23H,3-7,9,11H2,1H3,(H,20,21,22)/b10-8-,16-2+. The average molecular weight is 333 g/mol. The highest BCUT2D eigenvalue weighted by Gasteiger charge is 2.09. The van der Waals surface area contributed by atoms with E-state index >= 15 is 0 Å². The molecule has 1 saturated carbocycles. The van der Waals surface area contributed by atoms with Gasteiger partial charge in [0.15, 0.2) is 0 Å². The fourth-order valence-corrected chi connectivity index (χ4v) is 3.41. The lowest BCUT2D eigenvalue weighted by molar-refractivity contribution is 0.419. The first-order chi connectivity index (χ1) is 11.2. The van der Waals surface area contributed by atoms with Gasteiger partial charge in [-0.15, -0.1) is 0 Å². The third kappa shape index (κ3) is 6.61. The fourth-order valence-electron chi connectivity index (χ4n) is 3.05. The van der Waals surface area contributed by atoms with Gasteiger partial charge in [-0.2, -0.15) is 0 Å². The van der Waals surface area contributed by atoms with Crippen LogP contribution in [0.5, 0.6) is 0 Å². The van der Waals surface area contributed by atoms with E-state index in [9.17, 15) is 8.42 Å². The van der Waals surface area contributed by atoms with Gasteiger partial charge in [-0.3, -0.25) is 4.72 Å². The molecule has 2 rings (SSSR count). The van der Waals surface area contributed by atoms with E-state index in [2.05, 4.69) is 29.9 Å². The van der Waals surface area contributed by atoms with Crippen molar-refractivity contribution in [1.82, 2.24) is 0 Å². The molecule has 1 aromatic rings. The molecule has 1 fully saturated rings. The number of benzene rings is 1. The molecule has 0 aliphatic heterocycles. The van der Waals surface area contributed by atoms with Crippen molar-refractivity contribution < 1.29 is 8.42 Å². The zero-order valence-electron chi connectivity index (χ0n) is 13.8. The summed E-state index contributed by atoms with van der Waals surface area (Å²) in [4.78, 5) is 0. The Balaban J connectivity index is 1.83. The average Bonchev–Trinajstić information content (AvgIpc) is 2.57. The number of hydrogen-bond acceptors (Lipinski definition) is 2. The topological polar surface area (TPSA) is 46.2 Å². The van der Waals surface area contributed by atoms with Crippen LogP contribution in [0.15, 0.2) is 48.1 Å². The van der Waals surface area contributed by atoms with E-state index in [1.807, 2.05) is 24.3 Å². The highest BCUT2D eigenvalue weighted by Crippen LogP contribution is 2.25. The van der Waals surface area contributed by atoms with Gasteiger partial charge in [0, 0.05) is 5.69 Å². The molecule has 0 heterocycles. The lowest BCUT2D eigenvalue weighted by atomic mass is 9.88. The highest BCUT2D eigenvalue weighted by atomic mass is 32.2. The molecule has 1 aliphatic rings. The minimum atomic E-state index is -2.59. The summed E-state index contributed by atoms with van der Waals surface area (Å²) >= 11 is 0. The molecule has 0 spiro atoms. The largest absolute Gasteiger partial charge is 0.286 e. The molecule has 0 radical (unpaired) electrons. The van der Waals surface area contributed by atoms with E-state index in [4.69, 9.17) is 0 Å². The van der Waals surface area contributed by atoms with Crippen LogP contribution < -0.4 is 4.72 Å². The Bertz CT molecular complexity index is 601. The van der Waals surface area contributed by atoms with Crippen LogP contribution in [0, 0.1) is 5.92 Å². The number of allylic oxidation sites excluding steroid dienone is 4. The Morgan fingerprint density at radius 2 is 1.87 bits per heavy atom.